The first-order valence-electron chi connectivity index (χ1n) is 8.82. The number of aromatic nitrogens is 1. The van der Waals surface area contributed by atoms with Gasteiger partial charge in [-0.25, -0.2) is 13.1 Å². The Morgan fingerprint density at radius 1 is 1.19 bits per heavy atom. The van der Waals surface area contributed by atoms with Crippen LogP contribution in [0.4, 0.5) is 0 Å². The first-order chi connectivity index (χ1) is 12.6. The molecule has 0 amide bonds. The number of likely N-dealkylation sites (tertiary alicyclic amines) is 1. The highest BCUT2D eigenvalue weighted by atomic mass is 32.2. The van der Waals surface area contributed by atoms with E-state index in [4.69, 9.17) is 9.26 Å². The molecule has 26 heavy (non-hydrogen) atoms. The molecule has 0 bridgehead atoms. The Morgan fingerprint density at radius 3 is 2.54 bits per heavy atom. The summed E-state index contributed by atoms with van der Waals surface area (Å²) in [5.41, 5.74) is 1.48. The highest BCUT2D eigenvalue weighted by Crippen LogP contribution is 2.26. The van der Waals surface area contributed by atoms with E-state index in [2.05, 4.69) is 14.8 Å². The van der Waals surface area contributed by atoms with Crippen molar-refractivity contribution in [3.05, 3.63) is 47.9 Å². The molecule has 1 aromatic carbocycles. The van der Waals surface area contributed by atoms with Gasteiger partial charge in [0.2, 0.25) is 10.0 Å². The molecule has 1 aromatic heterocycles. The summed E-state index contributed by atoms with van der Waals surface area (Å²) in [6, 6.07) is 9.39. The molecule has 1 saturated heterocycles. The average molecular weight is 379 g/mol. The van der Waals surface area contributed by atoms with E-state index in [9.17, 15) is 8.42 Å². The van der Waals surface area contributed by atoms with Crippen molar-refractivity contribution in [1.29, 1.82) is 0 Å². The van der Waals surface area contributed by atoms with Gasteiger partial charge in [0.05, 0.1) is 12.8 Å². The summed E-state index contributed by atoms with van der Waals surface area (Å²) in [4.78, 5) is 2.35. The van der Waals surface area contributed by atoms with Gasteiger partial charge in [0.15, 0.2) is 0 Å². The molecule has 1 atom stereocenters. The van der Waals surface area contributed by atoms with E-state index in [0.717, 1.165) is 37.2 Å². The Labute approximate surface area is 154 Å². The van der Waals surface area contributed by atoms with Gasteiger partial charge in [-0.1, -0.05) is 23.7 Å². The lowest BCUT2D eigenvalue weighted by atomic mass is 10.0. The minimum Gasteiger partial charge on any atom is -0.497 e. The number of benzene rings is 1. The third kappa shape index (κ3) is 5.06. The van der Waals surface area contributed by atoms with Crippen molar-refractivity contribution in [2.75, 3.05) is 26.7 Å². The zero-order chi connectivity index (χ0) is 18.4. The predicted octanol–water partition coefficient (Wildman–Crippen LogP) is 2.33. The van der Waals surface area contributed by atoms with E-state index in [-0.39, 0.29) is 11.8 Å². The largest absolute Gasteiger partial charge is 0.497 e. The summed E-state index contributed by atoms with van der Waals surface area (Å²) in [5.74, 6) is 0.608. The van der Waals surface area contributed by atoms with Crippen LogP contribution in [0.1, 0.15) is 36.6 Å². The fourth-order valence-corrected chi connectivity index (χ4v) is 4.33. The number of sulfonamides is 1. The molecule has 1 N–H and O–H groups in total. The first-order valence-corrected chi connectivity index (χ1v) is 10.5. The Hall–Kier alpha value is -1.90. The molecule has 0 spiro atoms. The molecule has 0 saturated carbocycles. The Kier molecular flexibility index (Phi) is 6.29. The van der Waals surface area contributed by atoms with Gasteiger partial charge < -0.3 is 9.26 Å². The van der Waals surface area contributed by atoms with E-state index in [1.165, 1.54) is 12.7 Å². The number of hydrogen-bond donors (Lipinski definition) is 1. The number of rotatable bonds is 8. The van der Waals surface area contributed by atoms with Crippen LogP contribution in [-0.2, 0) is 15.8 Å². The molecular weight excluding hydrogens is 354 g/mol. The third-order valence-corrected chi connectivity index (χ3v) is 5.94. The SMILES string of the molecule is COc1ccc([C@H](CNS(=O)(=O)Cc2ccon2)N2CCCCC2)cc1. The van der Waals surface area contributed by atoms with Gasteiger partial charge in [-0.15, -0.1) is 0 Å². The monoisotopic (exact) mass is 379 g/mol. The van der Waals surface area contributed by atoms with E-state index >= 15 is 0 Å². The Morgan fingerprint density at radius 2 is 1.92 bits per heavy atom. The summed E-state index contributed by atoms with van der Waals surface area (Å²) in [6.45, 7) is 2.27. The van der Waals surface area contributed by atoms with Gasteiger partial charge in [-0.05, 0) is 43.6 Å². The molecule has 0 radical (unpaired) electrons. The van der Waals surface area contributed by atoms with Gasteiger partial charge in [-0.3, -0.25) is 4.90 Å². The van der Waals surface area contributed by atoms with Crippen LogP contribution in [0.15, 0.2) is 41.1 Å². The van der Waals surface area contributed by atoms with Crippen molar-refractivity contribution in [1.82, 2.24) is 14.8 Å². The van der Waals surface area contributed by atoms with Crippen LogP contribution < -0.4 is 9.46 Å². The number of nitrogens with one attached hydrogen (secondary N) is 1. The van der Waals surface area contributed by atoms with E-state index in [1.54, 1.807) is 13.2 Å². The Balaban J connectivity index is 1.72. The normalized spacial score (nSPS) is 17.1. The molecule has 2 heterocycles. The van der Waals surface area contributed by atoms with Crippen LogP contribution in [0.2, 0.25) is 0 Å². The van der Waals surface area contributed by atoms with E-state index in [1.807, 2.05) is 24.3 Å². The van der Waals surface area contributed by atoms with Crippen LogP contribution in [-0.4, -0.2) is 45.2 Å². The first kappa shape index (κ1) is 18.9. The maximum Gasteiger partial charge on any atom is 0.217 e. The van der Waals surface area contributed by atoms with Gasteiger partial charge in [0.1, 0.15) is 17.8 Å². The fraction of sp³-hybridized carbons (Fsp3) is 0.500. The summed E-state index contributed by atoms with van der Waals surface area (Å²) < 4.78 is 37.4. The van der Waals surface area contributed by atoms with Gasteiger partial charge in [0, 0.05) is 18.7 Å². The van der Waals surface area contributed by atoms with E-state index < -0.39 is 10.0 Å². The predicted molar refractivity (Wildman–Crippen MR) is 98.3 cm³/mol. The number of ether oxygens (including phenoxy) is 1. The molecule has 3 rings (SSSR count). The quantitative estimate of drug-likeness (QED) is 0.758. The number of methoxy groups -OCH3 is 1. The molecule has 7 nitrogen and oxygen atoms in total. The molecular formula is C18H25N3O4S. The van der Waals surface area contributed by atoms with Crippen LogP contribution in [0.3, 0.4) is 0 Å². The standard InChI is InChI=1S/C18H25N3O4S/c1-24-17-7-5-15(6-8-17)18(21-10-3-2-4-11-21)13-19-26(22,23)14-16-9-12-25-20-16/h5-9,12,18-19H,2-4,10-11,13-14H2,1H3/t18-/m0/s1. The summed E-state index contributed by atoms with van der Waals surface area (Å²) in [5, 5.41) is 3.68. The van der Waals surface area contributed by atoms with Crippen molar-refractivity contribution in [3.63, 3.8) is 0 Å². The fourth-order valence-electron chi connectivity index (χ4n) is 3.28. The topological polar surface area (TPSA) is 84.7 Å². The summed E-state index contributed by atoms with van der Waals surface area (Å²) in [7, 11) is -1.85. The zero-order valence-electron chi connectivity index (χ0n) is 14.9. The van der Waals surface area contributed by atoms with Crippen LogP contribution in [0.5, 0.6) is 5.75 Å². The second kappa shape index (κ2) is 8.66. The van der Waals surface area contributed by atoms with Gasteiger partial charge in [-0.2, -0.15) is 0 Å². The molecule has 1 aliphatic rings. The smallest absolute Gasteiger partial charge is 0.217 e. The minimum atomic E-state index is -3.48. The van der Waals surface area contributed by atoms with Crippen molar-refractivity contribution in [2.45, 2.75) is 31.1 Å². The molecule has 1 fully saturated rings. The lowest BCUT2D eigenvalue weighted by Crippen LogP contribution is -2.40. The van der Waals surface area contributed by atoms with E-state index in [0.29, 0.717) is 12.2 Å². The van der Waals surface area contributed by atoms with Crippen molar-refractivity contribution in [3.8, 4) is 5.75 Å². The maximum atomic E-state index is 12.4. The number of hydrogen-bond acceptors (Lipinski definition) is 6. The second-order valence-electron chi connectivity index (χ2n) is 6.48. The van der Waals surface area contributed by atoms with Crippen LogP contribution in [0, 0.1) is 0 Å². The van der Waals surface area contributed by atoms with Gasteiger partial charge in [0.25, 0.3) is 0 Å². The molecule has 0 aliphatic carbocycles. The second-order valence-corrected chi connectivity index (χ2v) is 8.29. The van der Waals surface area contributed by atoms with Crippen molar-refractivity contribution in [2.24, 2.45) is 0 Å². The lowest BCUT2D eigenvalue weighted by Gasteiger charge is -2.35. The molecule has 142 valence electrons. The Bertz CT molecular complexity index is 769. The van der Waals surface area contributed by atoms with Crippen LogP contribution in [0.25, 0.3) is 0 Å². The third-order valence-electron chi connectivity index (χ3n) is 4.66. The van der Waals surface area contributed by atoms with Gasteiger partial charge >= 0.3 is 0 Å². The molecule has 2 aromatic rings. The highest BCUT2D eigenvalue weighted by molar-refractivity contribution is 7.88. The lowest BCUT2D eigenvalue weighted by molar-refractivity contribution is 0.164. The van der Waals surface area contributed by atoms with Crippen molar-refractivity contribution < 1.29 is 17.7 Å². The maximum absolute atomic E-state index is 12.4. The van der Waals surface area contributed by atoms with Crippen LogP contribution >= 0.6 is 0 Å². The average Bonchev–Trinajstić information content (AvgIpc) is 3.15. The molecule has 8 heteroatoms. The number of piperidine rings is 1. The molecule has 0 unspecified atom stereocenters. The minimum absolute atomic E-state index is 0.00621. The molecule has 1 aliphatic heterocycles. The highest BCUT2D eigenvalue weighted by Gasteiger charge is 2.24. The van der Waals surface area contributed by atoms with Crippen molar-refractivity contribution >= 4 is 10.0 Å². The summed E-state index contributed by atoms with van der Waals surface area (Å²) in [6.07, 6.45) is 4.87. The summed E-state index contributed by atoms with van der Waals surface area (Å²) >= 11 is 0. The number of nitrogens with zero attached hydrogens (tertiary/aromatic N) is 2. The zero-order valence-corrected chi connectivity index (χ0v) is 15.7.